The van der Waals surface area contributed by atoms with Gasteiger partial charge in [-0.15, -0.1) is 0 Å². The van der Waals surface area contributed by atoms with Gasteiger partial charge in [0, 0.05) is 12.0 Å². The van der Waals surface area contributed by atoms with E-state index < -0.39 is 0 Å². The molecule has 0 spiro atoms. The Kier molecular flexibility index (Phi) is 28.0. The predicted molar refractivity (Wildman–Crippen MR) is 124 cm³/mol. The number of aldehydes is 1. The van der Waals surface area contributed by atoms with Gasteiger partial charge in [0.15, 0.2) is 0 Å². The quantitative estimate of drug-likeness (QED) is 0.317. The second kappa shape index (κ2) is 27.5. The summed E-state index contributed by atoms with van der Waals surface area (Å²) in [4.78, 5) is 13.3. The van der Waals surface area contributed by atoms with E-state index >= 15 is 0 Å². The zero-order valence-electron chi connectivity index (χ0n) is 18.6. The molecule has 0 heterocycles. The van der Waals surface area contributed by atoms with E-state index in [4.69, 9.17) is 6.57 Å². The van der Waals surface area contributed by atoms with Crippen molar-refractivity contribution in [1.29, 1.82) is 0 Å². The van der Waals surface area contributed by atoms with Gasteiger partial charge in [-0.25, -0.2) is 0 Å². The molecule has 4 heteroatoms. The van der Waals surface area contributed by atoms with Crippen molar-refractivity contribution in [2.45, 2.75) is 77.7 Å². The van der Waals surface area contributed by atoms with Crippen molar-refractivity contribution in [3.8, 4) is 6.57 Å². The van der Waals surface area contributed by atoms with Crippen LogP contribution in [0, 0.1) is 6.57 Å². The molecule has 1 aromatic carbocycles. The Hall–Kier alpha value is -1.70. The van der Waals surface area contributed by atoms with E-state index in [2.05, 4.69) is 22.4 Å². The van der Waals surface area contributed by atoms with Crippen LogP contribution in [0.4, 0.5) is 0 Å². The van der Waals surface area contributed by atoms with E-state index in [0.29, 0.717) is 6.54 Å². The van der Waals surface area contributed by atoms with Crippen molar-refractivity contribution < 1.29 is 4.79 Å². The first-order valence-corrected chi connectivity index (χ1v) is 10.9. The minimum absolute atomic E-state index is 0.612. The van der Waals surface area contributed by atoms with Crippen molar-refractivity contribution in [3.63, 3.8) is 0 Å². The molecule has 0 radical (unpaired) electrons. The van der Waals surface area contributed by atoms with Gasteiger partial charge in [0.05, 0.1) is 0 Å². The normalized spacial score (nSPS) is 9.36. The molecule has 0 aliphatic heterocycles. The van der Waals surface area contributed by atoms with Crippen LogP contribution in [0.1, 0.15) is 76.7 Å². The van der Waals surface area contributed by atoms with Crippen LogP contribution in [-0.4, -0.2) is 33.5 Å². The number of nitrogens with one attached hydrogen (secondary N) is 2. The molecule has 0 bridgehead atoms. The van der Waals surface area contributed by atoms with Crippen molar-refractivity contribution in [2.24, 2.45) is 0 Å². The van der Waals surface area contributed by atoms with Crippen molar-refractivity contribution in [3.05, 3.63) is 40.7 Å². The Labute approximate surface area is 174 Å². The molecule has 1 rings (SSSR count). The van der Waals surface area contributed by atoms with Crippen LogP contribution in [0.3, 0.4) is 0 Å². The fourth-order valence-corrected chi connectivity index (χ4v) is 2.48. The Balaban J connectivity index is 0. The third-order valence-corrected chi connectivity index (χ3v) is 4.15. The molecule has 0 unspecified atom stereocenters. The molecule has 28 heavy (non-hydrogen) atoms. The van der Waals surface area contributed by atoms with Gasteiger partial charge in [-0.05, 0) is 46.4 Å². The number of hydrogen-bond acceptors (Lipinski definition) is 3. The first kappa shape index (κ1) is 28.5. The van der Waals surface area contributed by atoms with Gasteiger partial charge in [0.2, 0.25) is 0 Å². The van der Waals surface area contributed by atoms with Gasteiger partial charge in [0.25, 0.3) is 13.1 Å². The molecule has 0 aliphatic rings. The molecule has 0 amide bonds. The first-order valence-electron chi connectivity index (χ1n) is 10.9. The Morgan fingerprint density at radius 2 is 1.39 bits per heavy atom. The average Bonchev–Trinajstić information content (AvgIpc) is 2.73. The smallest absolute Gasteiger partial charge is 0.288 e. The zero-order valence-corrected chi connectivity index (χ0v) is 18.6. The molecular weight excluding hydrogens is 346 g/mol. The molecule has 2 N–H and O–H groups in total. The van der Waals surface area contributed by atoms with Crippen LogP contribution in [0.15, 0.2) is 30.3 Å². The molecule has 0 aliphatic carbocycles. The van der Waals surface area contributed by atoms with Crippen LogP contribution in [0.5, 0.6) is 0 Å². The van der Waals surface area contributed by atoms with Crippen LogP contribution in [0.2, 0.25) is 0 Å². The topological polar surface area (TPSA) is 45.5 Å². The summed E-state index contributed by atoms with van der Waals surface area (Å²) < 4.78 is 0. The number of hydrogen-bond donors (Lipinski definition) is 2. The minimum Gasteiger partial charge on any atom is -0.320 e. The Morgan fingerprint density at radius 3 is 1.86 bits per heavy atom. The van der Waals surface area contributed by atoms with Crippen LogP contribution in [0.25, 0.3) is 4.85 Å². The second-order valence-corrected chi connectivity index (χ2v) is 6.82. The van der Waals surface area contributed by atoms with Gasteiger partial charge in [-0.1, -0.05) is 80.6 Å². The van der Waals surface area contributed by atoms with Crippen LogP contribution < -0.4 is 10.6 Å². The average molecular weight is 391 g/mol. The van der Waals surface area contributed by atoms with Crippen molar-refractivity contribution in [2.75, 3.05) is 27.2 Å². The van der Waals surface area contributed by atoms with Gasteiger partial charge >= 0.3 is 0 Å². The first-order chi connectivity index (χ1) is 13.8. The summed E-state index contributed by atoms with van der Waals surface area (Å²) in [6.45, 7) is 10.1. The number of carbonyl (C=O) groups excluding carboxylic acids is 1. The molecule has 4 nitrogen and oxygen atoms in total. The second-order valence-electron chi connectivity index (χ2n) is 6.82. The molecule has 160 valence electrons. The lowest BCUT2D eigenvalue weighted by molar-refractivity contribution is -0.107. The summed E-state index contributed by atoms with van der Waals surface area (Å²) in [6.07, 6.45) is 13.3. The summed E-state index contributed by atoms with van der Waals surface area (Å²) in [7, 11) is 4.02. The fourth-order valence-electron chi connectivity index (χ4n) is 2.48. The van der Waals surface area contributed by atoms with Crippen LogP contribution >= 0.6 is 0 Å². The zero-order chi connectivity index (χ0) is 21.1. The highest BCUT2D eigenvalue weighted by atomic mass is 16.1. The standard InChI is InChI=1S/C8H20N2.C8H8N.C8H16O/c1-9-7-5-3-4-6-8-10-2;1-9-7-8-5-3-2-4-6-8;1-2-3-4-5-6-7-8-9/h9-10H,3-8H2,1-2H3;1-6H,7H2;8H,2-7H2,1H3/q;+1;. The third-order valence-electron chi connectivity index (χ3n) is 4.15. The predicted octanol–water partition coefficient (Wildman–Crippen LogP) is 5.68. The summed E-state index contributed by atoms with van der Waals surface area (Å²) in [5.41, 5.74) is 1.15. The summed E-state index contributed by atoms with van der Waals surface area (Å²) in [6, 6.07) is 9.91. The van der Waals surface area contributed by atoms with Gasteiger partial charge in [-0.3, -0.25) is 0 Å². The molecule has 0 saturated heterocycles. The van der Waals surface area contributed by atoms with E-state index in [1.54, 1.807) is 0 Å². The van der Waals surface area contributed by atoms with E-state index in [1.165, 1.54) is 64.5 Å². The number of unbranched alkanes of at least 4 members (excludes halogenated alkanes) is 8. The molecule has 1 aromatic rings. The third kappa shape index (κ3) is 26.5. The lowest BCUT2D eigenvalue weighted by Crippen LogP contribution is -2.09. The van der Waals surface area contributed by atoms with Crippen molar-refractivity contribution >= 4 is 6.29 Å². The van der Waals surface area contributed by atoms with Gasteiger partial charge in [-0.2, -0.15) is 0 Å². The van der Waals surface area contributed by atoms with Crippen LogP contribution in [-0.2, 0) is 11.3 Å². The lowest BCUT2D eigenvalue weighted by atomic mass is 10.1. The lowest BCUT2D eigenvalue weighted by Gasteiger charge is -1.99. The largest absolute Gasteiger partial charge is 0.320 e. The molecule has 0 fully saturated rings. The minimum atomic E-state index is 0.612. The number of rotatable bonds is 14. The summed E-state index contributed by atoms with van der Waals surface area (Å²) in [5.74, 6) is 0. The molecule has 0 atom stereocenters. The Bertz CT molecular complexity index is 435. The van der Waals surface area contributed by atoms with E-state index in [1.807, 2.05) is 44.4 Å². The maximum Gasteiger partial charge on any atom is 0.288 e. The maximum absolute atomic E-state index is 9.84. The van der Waals surface area contributed by atoms with E-state index in [9.17, 15) is 4.79 Å². The molecular formula is C24H44N3O+. The van der Waals surface area contributed by atoms with E-state index in [0.717, 1.165) is 24.7 Å². The Morgan fingerprint density at radius 1 is 0.857 bits per heavy atom. The number of nitrogens with zero attached hydrogens (tertiary/aromatic N) is 1. The fraction of sp³-hybridized carbons (Fsp3) is 0.667. The number of benzene rings is 1. The molecule has 0 saturated carbocycles. The summed E-state index contributed by atoms with van der Waals surface area (Å²) >= 11 is 0. The van der Waals surface area contributed by atoms with Gasteiger partial charge in [0.1, 0.15) is 6.29 Å². The molecule has 0 aromatic heterocycles. The maximum atomic E-state index is 9.84. The number of carbonyl (C=O) groups is 1. The summed E-state index contributed by atoms with van der Waals surface area (Å²) in [5, 5.41) is 6.29. The monoisotopic (exact) mass is 390 g/mol. The van der Waals surface area contributed by atoms with E-state index in [-0.39, 0.29) is 0 Å². The van der Waals surface area contributed by atoms with Crippen molar-refractivity contribution in [1.82, 2.24) is 10.6 Å². The van der Waals surface area contributed by atoms with Gasteiger partial charge < -0.3 is 15.4 Å². The highest BCUT2D eigenvalue weighted by Crippen LogP contribution is 2.03. The highest BCUT2D eigenvalue weighted by molar-refractivity contribution is 5.48. The SMILES string of the molecule is C#[N+]Cc1ccccc1.CCCCCCCC=O.CNCCCCCCNC. The highest BCUT2D eigenvalue weighted by Gasteiger charge is 1.91.